The number of hydrogen-bond donors (Lipinski definition) is 1. The summed E-state index contributed by atoms with van der Waals surface area (Å²) >= 11 is 0. The Morgan fingerprint density at radius 2 is 2.31 bits per heavy atom. The number of anilines is 1. The van der Waals surface area contributed by atoms with Crippen molar-refractivity contribution in [2.24, 2.45) is 23.5 Å². The van der Waals surface area contributed by atoms with Crippen molar-refractivity contribution in [2.45, 2.75) is 6.92 Å². The molecule has 2 N–H and O–H groups in total. The minimum absolute atomic E-state index is 0.213. The van der Waals surface area contributed by atoms with Crippen LogP contribution < -0.4 is 10.6 Å². The number of carbonyl (C=O) groups is 1. The molecule has 1 saturated carbocycles. The fourth-order valence-electron chi connectivity index (χ4n) is 2.89. The van der Waals surface area contributed by atoms with Crippen LogP contribution in [0.25, 0.3) is 0 Å². The van der Waals surface area contributed by atoms with Gasteiger partial charge >= 0.3 is 0 Å². The van der Waals surface area contributed by atoms with Crippen molar-refractivity contribution in [1.29, 1.82) is 0 Å². The van der Waals surface area contributed by atoms with Crippen LogP contribution in [0.1, 0.15) is 5.56 Å². The van der Waals surface area contributed by atoms with Gasteiger partial charge in [0.1, 0.15) is 0 Å². The van der Waals surface area contributed by atoms with Gasteiger partial charge in [-0.25, -0.2) is 0 Å². The van der Waals surface area contributed by atoms with Crippen molar-refractivity contribution in [1.82, 2.24) is 0 Å². The minimum Gasteiger partial charge on any atom is -0.330 e. The predicted molar refractivity (Wildman–Crippen MR) is 63.1 cm³/mol. The van der Waals surface area contributed by atoms with E-state index < -0.39 is 0 Å². The van der Waals surface area contributed by atoms with E-state index in [1.165, 1.54) is 5.56 Å². The van der Waals surface area contributed by atoms with Crippen molar-refractivity contribution in [2.75, 3.05) is 18.0 Å². The number of aryl methyl sites for hydroxylation is 1. The highest BCUT2D eigenvalue weighted by molar-refractivity contribution is 6.00. The van der Waals surface area contributed by atoms with Gasteiger partial charge < -0.3 is 10.6 Å². The number of hydrogen-bond acceptors (Lipinski definition) is 2. The second-order valence-corrected chi connectivity index (χ2v) is 4.88. The average Bonchev–Trinajstić information content (AvgIpc) is 2.88. The zero-order valence-electron chi connectivity index (χ0n) is 9.39. The molecule has 3 atom stereocenters. The Balaban J connectivity index is 1.82. The van der Waals surface area contributed by atoms with E-state index in [-0.39, 0.29) is 11.8 Å². The summed E-state index contributed by atoms with van der Waals surface area (Å²) in [7, 11) is 0. The van der Waals surface area contributed by atoms with Crippen LogP contribution in [0.2, 0.25) is 0 Å². The van der Waals surface area contributed by atoms with E-state index in [0.717, 1.165) is 12.2 Å². The molecular weight excluding hydrogens is 200 g/mol. The first-order valence-electron chi connectivity index (χ1n) is 5.80. The van der Waals surface area contributed by atoms with Crippen molar-refractivity contribution >= 4 is 11.6 Å². The molecule has 1 aromatic carbocycles. The van der Waals surface area contributed by atoms with Crippen molar-refractivity contribution in [3.05, 3.63) is 29.8 Å². The number of nitrogens with two attached hydrogens (primary N) is 1. The molecule has 3 unspecified atom stereocenters. The van der Waals surface area contributed by atoms with Gasteiger partial charge in [0.2, 0.25) is 5.91 Å². The third-order valence-electron chi connectivity index (χ3n) is 3.86. The average molecular weight is 216 g/mol. The lowest BCUT2D eigenvalue weighted by molar-refractivity contribution is -0.119. The first-order valence-corrected chi connectivity index (χ1v) is 5.80. The summed E-state index contributed by atoms with van der Waals surface area (Å²) in [4.78, 5) is 14.0. The maximum atomic E-state index is 12.1. The molecule has 0 spiro atoms. The van der Waals surface area contributed by atoms with Crippen LogP contribution in [0.15, 0.2) is 24.3 Å². The van der Waals surface area contributed by atoms with Crippen LogP contribution in [-0.4, -0.2) is 19.0 Å². The van der Waals surface area contributed by atoms with Crippen LogP contribution in [0.4, 0.5) is 5.69 Å². The Labute approximate surface area is 95.2 Å². The molecule has 84 valence electrons. The van der Waals surface area contributed by atoms with Gasteiger partial charge in [-0.05, 0) is 43.0 Å². The minimum atomic E-state index is 0.213. The van der Waals surface area contributed by atoms with Gasteiger partial charge in [-0.15, -0.1) is 0 Å². The molecule has 0 radical (unpaired) electrons. The number of rotatable bonds is 2. The third-order valence-corrected chi connectivity index (χ3v) is 3.86. The Bertz CT molecular complexity index is 443. The lowest BCUT2D eigenvalue weighted by Gasteiger charge is -2.20. The molecule has 2 fully saturated rings. The van der Waals surface area contributed by atoms with Gasteiger partial charge in [0.15, 0.2) is 0 Å². The maximum Gasteiger partial charge on any atom is 0.230 e. The van der Waals surface area contributed by atoms with E-state index in [9.17, 15) is 4.79 Å². The first-order chi connectivity index (χ1) is 7.72. The summed E-state index contributed by atoms with van der Waals surface area (Å²) in [5.74, 6) is 1.45. The van der Waals surface area contributed by atoms with Crippen molar-refractivity contribution < 1.29 is 4.79 Å². The molecule has 1 aromatic rings. The molecule has 1 amide bonds. The Hall–Kier alpha value is -1.35. The first kappa shape index (κ1) is 9.85. The monoisotopic (exact) mass is 216 g/mol. The van der Waals surface area contributed by atoms with E-state index in [2.05, 4.69) is 6.07 Å². The number of amides is 1. The van der Waals surface area contributed by atoms with Crippen LogP contribution in [0.3, 0.4) is 0 Å². The summed E-state index contributed by atoms with van der Waals surface area (Å²) in [6.07, 6.45) is 0. The molecule has 2 aliphatic rings. The summed E-state index contributed by atoms with van der Waals surface area (Å²) in [5, 5.41) is 0. The summed E-state index contributed by atoms with van der Waals surface area (Å²) < 4.78 is 0. The third kappa shape index (κ3) is 1.28. The summed E-state index contributed by atoms with van der Waals surface area (Å²) in [6, 6.07) is 8.13. The van der Waals surface area contributed by atoms with E-state index in [1.54, 1.807) is 0 Å². The van der Waals surface area contributed by atoms with Gasteiger partial charge in [-0.3, -0.25) is 4.79 Å². The van der Waals surface area contributed by atoms with Crippen LogP contribution in [-0.2, 0) is 4.79 Å². The highest BCUT2D eigenvalue weighted by Crippen LogP contribution is 2.52. The predicted octanol–water partition coefficient (Wildman–Crippen LogP) is 1.16. The van der Waals surface area contributed by atoms with Gasteiger partial charge in [0.05, 0.1) is 0 Å². The SMILES string of the molecule is Cc1cccc(N2CC3C(CN)C3C2=O)c1. The normalized spacial score (nSPS) is 31.8. The molecule has 3 rings (SSSR count). The van der Waals surface area contributed by atoms with Gasteiger partial charge in [0, 0.05) is 18.2 Å². The fourth-order valence-corrected chi connectivity index (χ4v) is 2.89. The molecule has 0 bridgehead atoms. The molecule has 3 nitrogen and oxygen atoms in total. The van der Waals surface area contributed by atoms with Crippen molar-refractivity contribution in [3.8, 4) is 0 Å². The van der Waals surface area contributed by atoms with Crippen LogP contribution >= 0.6 is 0 Å². The van der Waals surface area contributed by atoms with Gasteiger partial charge in [-0.2, -0.15) is 0 Å². The molecule has 1 heterocycles. The smallest absolute Gasteiger partial charge is 0.230 e. The van der Waals surface area contributed by atoms with E-state index in [4.69, 9.17) is 5.73 Å². The zero-order chi connectivity index (χ0) is 11.3. The van der Waals surface area contributed by atoms with E-state index in [0.29, 0.717) is 18.4 Å². The number of nitrogens with zero attached hydrogens (tertiary/aromatic N) is 1. The Morgan fingerprint density at radius 1 is 1.50 bits per heavy atom. The maximum absolute atomic E-state index is 12.1. The number of piperidine rings is 1. The Morgan fingerprint density at radius 3 is 2.88 bits per heavy atom. The summed E-state index contributed by atoms with van der Waals surface area (Å²) in [6.45, 7) is 3.56. The van der Waals surface area contributed by atoms with Crippen LogP contribution in [0, 0.1) is 24.7 Å². The zero-order valence-corrected chi connectivity index (χ0v) is 9.39. The molecule has 3 heteroatoms. The van der Waals surface area contributed by atoms with Crippen LogP contribution in [0.5, 0.6) is 0 Å². The lowest BCUT2D eigenvalue weighted by Crippen LogP contribution is -2.31. The van der Waals surface area contributed by atoms with E-state index in [1.807, 2.05) is 30.0 Å². The second-order valence-electron chi connectivity index (χ2n) is 4.88. The van der Waals surface area contributed by atoms with Crippen molar-refractivity contribution in [3.63, 3.8) is 0 Å². The topological polar surface area (TPSA) is 46.3 Å². The largest absolute Gasteiger partial charge is 0.330 e. The molecule has 1 aliphatic heterocycles. The van der Waals surface area contributed by atoms with E-state index >= 15 is 0 Å². The fraction of sp³-hybridized carbons (Fsp3) is 0.462. The lowest BCUT2D eigenvalue weighted by atomic mass is 10.2. The van der Waals surface area contributed by atoms with Gasteiger partial charge in [0.25, 0.3) is 0 Å². The molecule has 1 aliphatic carbocycles. The number of benzene rings is 1. The number of fused-ring (bicyclic) bond motifs is 1. The van der Waals surface area contributed by atoms with Gasteiger partial charge in [-0.1, -0.05) is 12.1 Å². The highest BCUT2D eigenvalue weighted by Gasteiger charge is 2.60. The second kappa shape index (κ2) is 3.32. The molecular formula is C13H16N2O. The molecule has 1 saturated heterocycles. The highest BCUT2D eigenvalue weighted by atomic mass is 16.2. The molecule has 16 heavy (non-hydrogen) atoms. The molecule has 0 aromatic heterocycles. The standard InChI is InChI=1S/C13H16N2O/c1-8-3-2-4-9(5-8)15-7-11-10(6-14)12(11)13(15)16/h2-5,10-12H,6-7,14H2,1H3. The summed E-state index contributed by atoms with van der Waals surface area (Å²) in [5.41, 5.74) is 7.85. The number of carbonyl (C=O) groups excluding carboxylic acids is 1. The Kier molecular flexibility index (Phi) is 2.04. The quantitative estimate of drug-likeness (QED) is 0.806.